The van der Waals surface area contributed by atoms with Crippen LogP contribution in [0, 0.1) is 11.8 Å². The Balaban J connectivity index is 2.12. The molecule has 1 aliphatic rings. The smallest absolute Gasteiger partial charge is 0.124 e. The minimum Gasteiger partial charge on any atom is -0.494 e. The maximum atomic E-state index is 6.54. The van der Waals surface area contributed by atoms with Crippen molar-refractivity contribution in [1.82, 2.24) is 0 Å². The highest BCUT2D eigenvalue weighted by Crippen LogP contribution is 2.39. The van der Waals surface area contributed by atoms with Crippen molar-refractivity contribution >= 4 is 0 Å². The molecule has 19 heavy (non-hydrogen) atoms. The molecule has 3 unspecified atom stereocenters. The first-order chi connectivity index (χ1) is 9.26. The van der Waals surface area contributed by atoms with Gasteiger partial charge in [-0.2, -0.15) is 0 Å². The molecule has 2 heteroatoms. The first kappa shape index (κ1) is 14.4. The Morgan fingerprint density at radius 3 is 2.79 bits per heavy atom. The van der Waals surface area contributed by atoms with Gasteiger partial charge in [-0.05, 0) is 37.7 Å². The quantitative estimate of drug-likeness (QED) is 0.857. The van der Waals surface area contributed by atoms with E-state index in [1.807, 2.05) is 19.1 Å². The average Bonchev–Trinajstić information content (AvgIpc) is 2.47. The molecular weight excluding hydrogens is 234 g/mol. The van der Waals surface area contributed by atoms with Crippen LogP contribution in [0.15, 0.2) is 24.3 Å². The molecular formula is C17H27NO. The minimum atomic E-state index is 0.122. The highest BCUT2D eigenvalue weighted by molar-refractivity contribution is 5.36. The van der Waals surface area contributed by atoms with Gasteiger partial charge in [0.25, 0.3) is 0 Å². The van der Waals surface area contributed by atoms with Gasteiger partial charge in [-0.3, -0.25) is 0 Å². The maximum Gasteiger partial charge on any atom is 0.124 e. The topological polar surface area (TPSA) is 35.2 Å². The van der Waals surface area contributed by atoms with E-state index in [2.05, 4.69) is 19.1 Å². The largest absolute Gasteiger partial charge is 0.494 e. The van der Waals surface area contributed by atoms with E-state index >= 15 is 0 Å². The fourth-order valence-corrected chi connectivity index (χ4v) is 3.33. The molecule has 0 saturated heterocycles. The summed E-state index contributed by atoms with van der Waals surface area (Å²) >= 11 is 0. The van der Waals surface area contributed by atoms with E-state index in [-0.39, 0.29) is 6.04 Å². The number of ether oxygens (including phenoxy) is 1. The zero-order valence-corrected chi connectivity index (χ0v) is 12.3. The molecule has 106 valence electrons. The SMILES string of the molecule is CCOc1ccccc1C(N)C1CCCC(CC)C1. The van der Waals surface area contributed by atoms with Crippen LogP contribution in [-0.4, -0.2) is 6.61 Å². The van der Waals surface area contributed by atoms with Gasteiger partial charge in [0.05, 0.1) is 6.61 Å². The number of hydrogen-bond donors (Lipinski definition) is 1. The first-order valence-electron chi connectivity index (χ1n) is 7.73. The van der Waals surface area contributed by atoms with Crippen molar-refractivity contribution in [2.24, 2.45) is 17.6 Å². The predicted octanol–water partition coefficient (Wildman–Crippen LogP) is 4.30. The van der Waals surface area contributed by atoms with Gasteiger partial charge in [0.1, 0.15) is 5.75 Å². The highest BCUT2D eigenvalue weighted by atomic mass is 16.5. The van der Waals surface area contributed by atoms with Crippen molar-refractivity contribution in [2.45, 2.75) is 52.0 Å². The number of nitrogens with two attached hydrogens (primary N) is 1. The lowest BCUT2D eigenvalue weighted by Crippen LogP contribution is -2.27. The van der Waals surface area contributed by atoms with Crippen LogP contribution in [0.3, 0.4) is 0 Å². The number of hydrogen-bond acceptors (Lipinski definition) is 2. The zero-order valence-electron chi connectivity index (χ0n) is 12.3. The molecule has 0 aliphatic heterocycles. The van der Waals surface area contributed by atoms with E-state index < -0.39 is 0 Å². The van der Waals surface area contributed by atoms with Gasteiger partial charge in [-0.25, -0.2) is 0 Å². The normalized spacial score (nSPS) is 25.0. The van der Waals surface area contributed by atoms with Gasteiger partial charge in [0.2, 0.25) is 0 Å². The lowest BCUT2D eigenvalue weighted by atomic mass is 9.75. The Bertz CT molecular complexity index is 391. The summed E-state index contributed by atoms with van der Waals surface area (Å²) in [6.07, 6.45) is 6.53. The van der Waals surface area contributed by atoms with Gasteiger partial charge in [0.15, 0.2) is 0 Å². The van der Waals surface area contributed by atoms with Crippen molar-refractivity contribution in [1.29, 1.82) is 0 Å². The van der Waals surface area contributed by atoms with Crippen LogP contribution in [0.4, 0.5) is 0 Å². The van der Waals surface area contributed by atoms with Crippen LogP contribution in [-0.2, 0) is 0 Å². The second kappa shape index (κ2) is 6.95. The van der Waals surface area contributed by atoms with Gasteiger partial charge in [0, 0.05) is 11.6 Å². The van der Waals surface area contributed by atoms with Crippen molar-refractivity contribution in [2.75, 3.05) is 6.61 Å². The highest BCUT2D eigenvalue weighted by Gasteiger charge is 2.27. The second-order valence-electron chi connectivity index (χ2n) is 5.70. The Morgan fingerprint density at radius 2 is 2.05 bits per heavy atom. The molecule has 0 heterocycles. The predicted molar refractivity (Wildman–Crippen MR) is 80.3 cm³/mol. The molecule has 1 saturated carbocycles. The van der Waals surface area contributed by atoms with E-state index in [0.717, 1.165) is 11.7 Å². The number of benzene rings is 1. The van der Waals surface area contributed by atoms with E-state index in [4.69, 9.17) is 10.5 Å². The molecule has 0 amide bonds. The summed E-state index contributed by atoms with van der Waals surface area (Å²) in [5.41, 5.74) is 7.72. The van der Waals surface area contributed by atoms with Gasteiger partial charge in [-0.15, -0.1) is 0 Å². The Kier molecular flexibility index (Phi) is 5.26. The fraction of sp³-hybridized carbons (Fsp3) is 0.647. The van der Waals surface area contributed by atoms with E-state index in [9.17, 15) is 0 Å². The Labute approximate surface area is 117 Å². The van der Waals surface area contributed by atoms with E-state index in [1.54, 1.807) is 0 Å². The third kappa shape index (κ3) is 3.50. The molecule has 2 nitrogen and oxygen atoms in total. The summed E-state index contributed by atoms with van der Waals surface area (Å²) in [5.74, 6) is 2.44. The molecule has 2 rings (SSSR count). The number of rotatable bonds is 5. The molecule has 1 aromatic carbocycles. The molecule has 3 atom stereocenters. The minimum absolute atomic E-state index is 0.122. The van der Waals surface area contributed by atoms with Crippen molar-refractivity contribution < 1.29 is 4.74 Å². The summed E-state index contributed by atoms with van der Waals surface area (Å²) in [7, 11) is 0. The number of para-hydroxylation sites is 1. The average molecular weight is 261 g/mol. The third-order valence-corrected chi connectivity index (χ3v) is 4.49. The molecule has 1 aliphatic carbocycles. The van der Waals surface area contributed by atoms with Crippen LogP contribution >= 0.6 is 0 Å². The van der Waals surface area contributed by atoms with Crippen molar-refractivity contribution in [3.63, 3.8) is 0 Å². The Hall–Kier alpha value is -1.02. The van der Waals surface area contributed by atoms with Crippen molar-refractivity contribution in [3.8, 4) is 5.75 Å². The van der Waals surface area contributed by atoms with Crippen LogP contribution in [0.25, 0.3) is 0 Å². The van der Waals surface area contributed by atoms with E-state index in [1.165, 1.54) is 37.7 Å². The molecule has 1 fully saturated rings. The maximum absolute atomic E-state index is 6.54. The second-order valence-corrected chi connectivity index (χ2v) is 5.70. The molecule has 0 radical (unpaired) electrons. The fourth-order valence-electron chi connectivity index (χ4n) is 3.33. The van der Waals surface area contributed by atoms with Crippen LogP contribution in [0.5, 0.6) is 5.75 Å². The molecule has 2 N–H and O–H groups in total. The Morgan fingerprint density at radius 1 is 1.26 bits per heavy atom. The van der Waals surface area contributed by atoms with Gasteiger partial charge in [-0.1, -0.05) is 44.4 Å². The van der Waals surface area contributed by atoms with Gasteiger partial charge < -0.3 is 10.5 Å². The summed E-state index contributed by atoms with van der Waals surface area (Å²) in [6, 6.07) is 8.39. The molecule has 0 bridgehead atoms. The van der Waals surface area contributed by atoms with Crippen LogP contribution in [0.1, 0.15) is 57.6 Å². The monoisotopic (exact) mass is 261 g/mol. The molecule has 0 spiro atoms. The lowest BCUT2D eigenvalue weighted by Gasteiger charge is -2.33. The first-order valence-corrected chi connectivity index (χ1v) is 7.73. The molecule has 1 aromatic rings. The standard InChI is InChI=1S/C17H27NO/c1-3-13-8-7-9-14(12-13)17(18)15-10-5-6-11-16(15)19-4-2/h5-6,10-11,13-14,17H,3-4,7-9,12,18H2,1-2H3. The third-order valence-electron chi connectivity index (χ3n) is 4.49. The van der Waals surface area contributed by atoms with Crippen LogP contribution in [0.2, 0.25) is 0 Å². The zero-order chi connectivity index (χ0) is 13.7. The lowest BCUT2D eigenvalue weighted by molar-refractivity contribution is 0.226. The summed E-state index contributed by atoms with van der Waals surface area (Å²) in [5, 5.41) is 0. The summed E-state index contributed by atoms with van der Waals surface area (Å²) in [4.78, 5) is 0. The summed E-state index contributed by atoms with van der Waals surface area (Å²) < 4.78 is 5.72. The molecule has 0 aromatic heterocycles. The van der Waals surface area contributed by atoms with Gasteiger partial charge >= 0.3 is 0 Å². The summed E-state index contributed by atoms with van der Waals surface area (Å²) in [6.45, 7) is 5.02. The van der Waals surface area contributed by atoms with Crippen molar-refractivity contribution in [3.05, 3.63) is 29.8 Å². The van der Waals surface area contributed by atoms with E-state index in [0.29, 0.717) is 12.5 Å². The van der Waals surface area contributed by atoms with Crippen LogP contribution < -0.4 is 10.5 Å².